The molecule has 9 heteroatoms. The Balaban J connectivity index is 2.02. The van der Waals surface area contributed by atoms with Crippen molar-refractivity contribution in [1.29, 1.82) is 0 Å². The third-order valence-corrected chi connectivity index (χ3v) is 7.30. The van der Waals surface area contributed by atoms with Crippen LogP contribution in [0.15, 0.2) is 29.3 Å². The SMILES string of the molecule is COCC(=O)N=C1S[C@@H]2CS(=O)(=O)C[C@@H]2N1c1cccc(C(C)=O)c1. The van der Waals surface area contributed by atoms with Gasteiger partial charge in [-0.05, 0) is 19.1 Å². The Kier molecular flexibility index (Phi) is 4.99. The molecule has 2 heterocycles. The lowest BCUT2D eigenvalue weighted by atomic mass is 10.1. The summed E-state index contributed by atoms with van der Waals surface area (Å²) in [5.74, 6) is -0.450. The van der Waals surface area contributed by atoms with Crippen molar-refractivity contribution >= 4 is 44.1 Å². The Bertz CT molecular complexity index is 850. The predicted octanol–water partition coefficient (Wildman–Crippen LogP) is 1.14. The van der Waals surface area contributed by atoms with E-state index >= 15 is 0 Å². The molecule has 134 valence electrons. The second-order valence-electron chi connectivity index (χ2n) is 6.00. The van der Waals surface area contributed by atoms with Crippen molar-refractivity contribution < 1.29 is 22.7 Å². The number of amides is 1. The molecule has 0 radical (unpaired) electrons. The lowest BCUT2D eigenvalue weighted by molar-refractivity contribution is -0.121. The maximum absolute atomic E-state index is 12.0. The molecule has 2 atom stereocenters. The van der Waals surface area contributed by atoms with Gasteiger partial charge in [0.15, 0.2) is 20.8 Å². The summed E-state index contributed by atoms with van der Waals surface area (Å²) < 4.78 is 28.8. The molecule has 0 spiro atoms. The van der Waals surface area contributed by atoms with Crippen LogP contribution in [0.3, 0.4) is 0 Å². The molecule has 1 aromatic carbocycles. The average Bonchev–Trinajstić information content (AvgIpc) is 2.98. The first-order valence-electron chi connectivity index (χ1n) is 7.68. The van der Waals surface area contributed by atoms with Crippen molar-refractivity contribution in [1.82, 2.24) is 0 Å². The number of Topliss-reactive ketones (excluding diaryl/α,β-unsaturated/α-hetero) is 1. The van der Waals surface area contributed by atoms with Crippen molar-refractivity contribution in [3.8, 4) is 0 Å². The number of hydrogen-bond acceptors (Lipinski definition) is 6. The fourth-order valence-corrected chi connectivity index (χ4v) is 6.93. The number of rotatable bonds is 4. The maximum atomic E-state index is 12.0. The number of ether oxygens (including phenoxy) is 1. The first kappa shape index (κ1) is 18.1. The fraction of sp³-hybridized carbons (Fsp3) is 0.438. The van der Waals surface area contributed by atoms with Gasteiger partial charge in [-0.15, -0.1) is 0 Å². The first-order chi connectivity index (χ1) is 11.8. The first-order valence-corrected chi connectivity index (χ1v) is 10.4. The zero-order valence-corrected chi connectivity index (χ0v) is 15.5. The van der Waals surface area contributed by atoms with E-state index in [1.165, 1.54) is 25.8 Å². The number of methoxy groups -OCH3 is 1. The standard InChI is InChI=1S/C16H18N2O5S2/c1-10(19)11-4-3-5-12(6-11)18-13-8-25(21,22)9-14(13)24-16(18)17-15(20)7-23-2/h3-6,13-14H,7-9H2,1-2H3/t13-,14+/m0/s1. The van der Waals surface area contributed by atoms with Crippen LogP contribution in [0.25, 0.3) is 0 Å². The minimum atomic E-state index is -3.13. The normalized spacial score (nSPS) is 26.0. The molecule has 2 aliphatic heterocycles. The average molecular weight is 382 g/mol. The van der Waals surface area contributed by atoms with Crippen molar-refractivity contribution in [3.05, 3.63) is 29.8 Å². The number of carbonyl (C=O) groups excluding carboxylic acids is 2. The minimum Gasteiger partial charge on any atom is -0.375 e. The summed E-state index contributed by atoms with van der Waals surface area (Å²) in [5.41, 5.74) is 1.18. The number of anilines is 1. The number of carbonyl (C=O) groups is 2. The molecule has 7 nitrogen and oxygen atoms in total. The predicted molar refractivity (Wildman–Crippen MR) is 97.1 cm³/mol. The van der Waals surface area contributed by atoms with E-state index in [0.717, 1.165) is 0 Å². The van der Waals surface area contributed by atoms with Gasteiger partial charge in [-0.1, -0.05) is 23.9 Å². The second-order valence-corrected chi connectivity index (χ2v) is 9.36. The third kappa shape index (κ3) is 3.78. The highest BCUT2D eigenvalue weighted by molar-refractivity contribution is 8.16. The Morgan fingerprint density at radius 1 is 1.36 bits per heavy atom. The minimum absolute atomic E-state index is 0.00640. The molecule has 2 fully saturated rings. The fourth-order valence-electron chi connectivity index (χ4n) is 3.00. The van der Waals surface area contributed by atoms with Crippen LogP contribution in [0.2, 0.25) is 0 Å². The van der Waals surface area contributed by atoms with Gasteiger partial charge in [-0.2, -0.15) is 4.99 Å². The lowest BCUT2D eigenvalue weighted by Crippen LogP contribution is -2.37. The molecular formula is C16H18N2O5S2. The topological polar surface area (TPSA) is 93.1 Å². The number of fused-ring (bicyclic) bond motifs is 1. The molecule has 0 unspecified atom stereocenters. The zero-order chi connectivity index (χ0) is 18.2. The number of ketones is 1. The Morgan fingerprint density at radius 2 is 2.12 bits per heavy atom. The highest BCUT2D eigenvalue weighted by Crippen LogP contribution is 2.41. The number of aliphatic imine (C=N–C) groups is 1. The quantitative estimate of drug-likeness (QED) is 0.721. The summed E-state index contributed by atoms with van der Waals surface area (Å²) in [6.07, 6.45) is 0. The molecule has 2 aliphatic rings. The number of nitrogens with zero attached hydrogens (tertiary/aromatic N) is 2. The Labute approximate surface area is 150 Å². The maximum Gasteiger partial charge on any atom is 0.274 e. The van der Waals surface area contributed by atoms with Crippen molar-refractivity contribution in [2.75, 3.05) is 30.1 Å². The lowest BCUT2D eigenvalue weighted by Gasteiger charge is -2.24. The summed E-state index contributed by atoms with van der Waals surface area (Å²) in [6.45, 7) is 1.33. The number of amidine groups is 1. The molecule has 0 N–H and O–H groups in total. The summed E-state index contributed by atoms with van der Waals surface area (Å²) in [4.78, 5) is 29.4. The van der Waals surface area contributed by atoms with E-state index in [-0.39, 0.29) is 35.2 Å². The van der Waals surface area contributed by atoms with Crippen LogP contribution >= 0.6 is 11.8 Å². The van der Waals surface area contributed by atoms with Gasteiger partial charge >= 0.3 is 0 Å². The van der Waals surface area contributed by atoms with Gasteiger partial charge in [0.2, 0.25) is 0 Å². The van der Waals surface area contributed by atoms with Crippen LogP contribution in [0.5, 0.6) is 0 Å². The number of thioether (sulfide) groups is 1. The molecule has 1 aromatic rings. The smallest absolute Gasteiger partial charge is 0.274 e. The van der Waals surface area contributed by atoms with E-state index in [1.54, 1.807) is 29.2 Å². The molecule has 3 rings (SSSR count). The largest absolute Gasteiger partial charge is 0.375 e. The van der Waals surface area contributed by atoms with Gasteiger partial charge in [0, 0.05) is 23.6 Å². The Morgan fingerprint density at radius 3 is 2.80 bits per heavy atom. The van der Waals surface area contributed by atoms with E-state index in [0.29, 0.717) is 16.4 Å². The molecule has 0 aliphatic carbocycles. The summed E-state index contributed by atoms with van der Waals surface area (Å²) in [6, 6.07) is 6.63. The number of hydrogen-bond donors (Lipinski definition) is 0. The van der Waals surface area contributed by atoms with Gasteiger partial charge in [0.1, 0.15) is 6.61 Å². The van der Waals surface area contributed by atoms with Crippen LogP contribution in [0.4, 0.5) is 5.69 Å². The van der Waals surface area contributed by atoms with E-state index in [9.17, 15) is 18.0 Å². The van der Waals surface area contributed by atoms with Crippen molar-refractivity contribution in [2.45, 2.75) is 18.2 Å². The van der Waals surface area contributed by atoms with Gasteiger partial charge in [0.25, 0.3) is 5.91 Å². The Hall–Kier alpha value is -1.71. The highest BCUT2D eigenvalue weighted by Gasteiger charge is 2.49. The van der Waals surface area contributed by atoms with Gasteiger partial charge in [-0.3, -0.25) is 9.59 Å². The molecule has 25 heavy (non-hydrogen) atoms. The van der Waals surface area contributed by atoms with E-state index in [1.807, 2.05) is 0 Å². The van der Waals surface area contributed by atoms with Gasteiger partial charge < -0.3 is 9.64 Å². The third-order valence-electron chi connectivity index (χ3n) is 4.09. The molecule has 0 saturated carbocycles. The van der Waals surface area contributed by atoms with Gasteiger partial charge in [0.05, 0.1) is 17.5 Å². The molecule has 0 bridgehead atoms. The van der Waals surface area contributed by atoms with E-state index in [2.05, 4.69) is 4.99 Å². The number of sulfone groups is 1. The van der Waals surface area contributed by atoms with E-state index < -0.39 is 15.7 Å². The summed E-state index contributed by atoms with van der Waals surface area (Å²) in [7, 11) is -1.72. The van der Waals surface area contributed by atoms with Crippen LogP contribution in [0, 0.1) is 0 Å². The van der Waals surface area contributed by atoms with Crippen molar-refractivity contribution in [2.24, 2.45) is 4.99 Å². The molecule has 0 aromatic heterocycles. The van der Waals surface area contributed by atoms with Crippen LogP contribution in [-0.4, -0.2) is 61.8 Å². The summed E-state index contributed by atoms with van der Waals surface area (Å²) in [5, 5.41) is 0.271. The zero-order valence-electron chi connectivity index (χ0n) is 13.8. The van der Waals surface area contributed by atoms with Crippen molar-refractivity contribution in [3.63, 3.8) is 0 Å². The van der Waals surface area contributed by atoms with Crippen LogP contribution in [-0.2, 0) is 19.4 Å². The monoisotopic (exact) mass is 382 g/mol. The van der Waals surface area contributed by atoms with Gasteiger partial charge in [-0.25, -0.2) is 8.42 Å². The highest BCUT2D eigenvalue weighted by atomic mass is 32.2. The van der Waals surface area contributed by atoms with E-state index in [4.69, 9.17) is 4.74 Å². The van der Waals surface area contributed by atoms with Crippen LogP contribution in [0.1, 0.15) is 17.3 Å². The van der Waals surface area contributed by atoms with Crippen LogP contribution < -0.4 is 4.90 Å². The molecular weight excluding hydrogens is 364 g/mol. The summed E-state index contributed by atoms with van der Waals surface area (Å²) >= 11 is 1.29. The number of benzene rings is 1. The molecule has 2 saturated heterocycles. The molecule has 1 amide bonds. The second kappa shape index (κ2) is 6.89.